The van der Waals surface area contributed by atoms with Crippen LogP contribution < -0.4 is 5.32 Å². The van der Waals surface area contributed by atoms with Crippen molar-refractivity contribution in [2.75, 3.05) is 5.32 Å². The maximum Gasteiger partial charge on any atom is 0.307 e. The van der Waals surface area contributed by atoms with E-state index in [0.717, 1.165) is 12.0 Å². The van der Waals surface area contributed by atoms with Crippen LogP contribution in [0.5, 0.6) is 0 Å². The number of carboxylic acid groups (broad SMARTS) is 1. The Labute approximate surface area is 143 Å². The van der Waals surface area contributed by atoms with Gasteiger partial charge in [0.15, 0.2) is 5.82 Å². The highest BCUT2D eigenvalue weighted by molar-refractivity contribution is 5.96. The topological polar surface area (TPSA) is 110 Å². The summed E-state index contributed by atoms with van der Waals surface area (Å²) in [4.78, 5) is 24.3. The number of hydrogen-bond donors (Lipinski definition) is 2. The van der Waals surface area contributed by atoms with E-state index in [0.29, 0.717) is 11.5 Å². The maximum absolute atomic E-state index is 12.7. The van der Waals surface area contributed by atoms with Crippen molar-refractivity contribution < 1.29 is 14.7 Å². The van der Waals surface area contributed by atoms with Crippen molar-refractivity contribution in [3.8, 4) is 11.4 Å². The summed E-state index contributed by atoms with van der Waals surface area (Å²) in [6, 6.07) is 7.20. The number of hydrogen-bond acceptors (Lipinski definition) is 5. The molecule has 2 aliphatic carbocycles. The number of fused-ring (bicyclic) bond motifs is 2. The summed E-state index contributed by atoms with van der Waals surface area (Å²) in [7, 11) is 1.74. The maximum atomic E-state index is 12.7. The molecule has 128 valence electrons. The van der Waals surface area contributed by atoms with Crippen molar-refractivity contribution in [3.05, 3.63) is 36.4 Å². The number of nitrogens with zero attached hydrogens (tertiary/aromatic N) is 4. The first-order valence-electron chi connectivity index (χ1n) is 8.09. The number of carboxylic acids is 1. The lowest BCUT2D eigenvalue weighted by atomic mass is 9.82. The Hall–Kier alpha value is -3.03. The van der Waals surface area contributed by atoms with E-state index in [-0.39, 0.29) is 17.7 Å². The van der Waals surface area contributed by atoms with Crippen molar-refractivity contribution >= 4 is 17.6 Å². The normalized spacial score (nSPS) is 26.8. The van der Waals surface area contributed by atoms with E-state index < -0.39 is 17.8 Å². The molecule has 0 saturated heterocycles. The van der Waals surface area contributed by atoms with Crippen LogP contribution in [0.25, 0.3) is 11.4 Å². The quantitative estimate of drug-likeness (QED) is 0.813. The van der Waals surface area contributed by atoms with Gasteiger partial charge in [0.2, 0.25) is 5.91 Å². The van der Waals surface area contributed by atoms with E-state index in [1.54, 1.807) is 29.9 Å². The molecule has 2 bridgehead atoms. The van der Waals surface area contributed by atoms with Crippen LogP contribution in [-0.2, 0) is 16.6 Å². The molecule has 1 amide bonds. The summed E-state index contributed by atoms with van der Waals surface area (Å²) >= 11 is 0. The lowest BCUT2D eigenvalue weighted by molar-refractivity contribution is -0.146. The molecule has 0 unspecified atom stereocenters. The molecule has 1 heterocycles. The van der Waals surface area contributed by atoms with Gasteiger partial charge < -0.3 is 10.4 Å². The fraction of sp³-hybridized carbons (Fsp3) is 0.353. The third-order valence-electron chi connectivity index (χ3n) is 5.06. The molecule has 2 aliphatic rings. The predicted octanol–water partition coefficient (Wildman–Crippen LogP) is 1.34. The average molecular weight is 339 g/mol. The van der Waals surface area contributed by atoms with Gasteiger partial charge in [-0.3, -0.25) is 9.59 Å². The first-order valence-corrected chi connectivity index (χ1v) is 8.09. The molecule has 4 rings (SSSR count). The van der Waals surface area contributed by atoms with Crippen LogP contribution in [0.1, 0.15) is 6.42 Å². The smallest absolute Gasteiger partial charge is 0.307 e. The Morgan fingerprint density at radius 2 is 2.00 bits per heavy atom. The highest BCUT2D eigenvalue weighted by atomic mass is 16.4. The van der Waals surface area contributed by atoms with Crippen molar-refractivity contribution in [2.45, 2.75) is 6.42 Å². The van der Waals surface area contributed by atoms with Gasteiger partial charge >= 0.3 is 5.97 Å². The highest BCUT2D eigenvalue weighted by Crippen LogP contribution is 2.48. The molecule has 4 atom stereocenters. The van der Waals surface area contributed by atoms with Gasteiger partial charge in [0.1, 0.15) is 0 Å². The van der Waals surface area contributed by atoms with Crippen molar-refractivity contribution in [3.63, 3.8) is 0 Å². The number of allylic oxidation sites excluding steroid dienone is 2. The van der Waals surface area contributed by atoms with Crippen molar-refractivity contribution in [1.29, 1.82) is 0 Å². The summed E-state index contributed by atoms with van der Waals surface area (Å²) in [5, 5.41) is 23.7. The zero-order valence-corrected chi connectivity index (χ0v) is 13.5. The number of aryl methyl sites for hydroxylation is 1. The van der Waals surface area contributed by atoms with E-state index in [9.17, 15) is 14.7 Å². The number of amides is 1. The van der Waals surface area contributed by atoms with Crippen molar-refractivity contribution in [2.24, 2.45) is 30.7 Å². The predicted molar refractivity (Wildman–Crippen MR) is 88.2 cm³/mol. The SMILES string of the molecule is Cn1nnnc1-c1cccc(NC(=O)[C@@H]2[C@H](C(=O)O)[C@H]3C=C[C@H]2C3)c1. The molecule has 0 spiro atoms. The Morgan fingerprint density at radius 1 is 1.24 bits per heavy atom. The number of carbonyl (C=O) groups excluding carboxylic acids is 1. The molecule has 2 aromatic rings. The lowest BCUT2D eigenvalue weighted by Gasteiger charge is -2.23. The fourth-order valence-corrected chi connectivity index (χ4v) is 3.95. The van der Waals surface area contributed by atoms with Gasteiger partial charge in [-0.25, -0.2) is 4.68 Å². The number of anilines is 1. The molecule has 1 aromatic heterocycles. The molecule has 0 aliphatic heterocycles. The van der Waals surface area contributed by atoms with E-state index >= 15 is 0 Å². The van der Waals surface area contributed by atoms with Gasteiger partial charge in [-0.1, -0.05) is 24.3 Å². The van der Waals surface area contributed by atoms with Gasteiger partial charge in [-0.2, -0.15) is 0 Å². The number of carbonyl (C=O) groups is 2. The van der Waals surface area contributed by atoms with Crippen LogP contribution in [0.4, 0.5) is 5.69 Å². The Morgan fingerprint density at radius 3 is 2.68 bits per heavy atom. The van der Waals surface area contributed by atoms with Crippen LogP contribution in [0, 0.1) is 23.7 Å². The number of nitrogens with one attached hydrogen (secondary N) is 1. The van der Waals surface area contributed by atoms with Gasteiger partial charge in [-0.05, 0) is 40.8 Å². The van der Waals surface area contributed by atoms with Crippen LogP contribution in [0.15, 0.2) is 36.4 Å². The van der Waals surface area contributed by atoms with E-state index in [4.69, 9.17) is 0 Å². The number of aromatic nitrogens is 4. The van der Waals surface area contributed by atoms with Gasteiger partial charge in [-0.15, -0.1) is 5.10 Å². The number of benzene rings is 1. The molecule has 0 radical (unpaired) electrons. The number of rotatable bonds is 4. The second-order valence-electron chi connectivity index (χ2n) is 6.53. The van der Waals surface area contributed by atoms with Crippen LogP contribution in [0.3, 0.4) is 0 Å². The summed E-state index contributed by atoms with van der Waals surface area (Å²) in [6.45, 7) is 0. The minimum absolute atomic E-state index is 0.00257. The second kappa shape index (κ2) is 5.80. The third kappa shape index (κ3) is 2.59. The molecular formula is C17H17N5O3. The molecule has 1 fully saturated rings. The average Bonchev–Trinajstić information content (AvgIpc) is 3.29. The zero-order chi connectivity index (χ0) is 17.6. The highest BCUT2D eigenvalue weighted by Gasteiger charge is 2.51. The van der Waals surface area contributed by atoms with Crippen LogP contribution in [-0.4, -0.2) is 37.2 Å². The van der Waals surface area contributed by atoms with Crippen LogP contribution >= 0.6 is 0 Å². The molecule has 1 saturated carbocycles. The van der Waals surface area contributed by atoms with Gasteiger partial charge in [0.25, 0.3) is 0 Å². The molecule has 1 aromatic carbocycles. The Kier molecular flexibility index (Phi) is 3.60. The molecule has 8 heteroatoms. The molecule has 8 nitrogen and oxygen atoms in total. The summed E-state index contributed by atoms with van der Waals surface area (Å²) in [5.74, 6) is -1.81. The van der Waals surface area contributed by atoms with E-state index in [1.807, 2.05) is 18.2 Å². The van der Waals surface area contributed by atoms with Gasteiger partial charge in [0.05, 0.1) is 11.8 Å². The largest absolute Gasteiger partial charge is 0.481 e. The van der Waals surface area contributed by atoms with Gasteiger partial charge in [0, 0.05) is 18.3 Å². The summed E-state index contributed by atoms with van der Waals surface area (Å²) in [5.41, 5.74) is 1.37. The first kappa shape index (κ1) is 15.5. The minimum Gasteiger partial charge on any atom is -0.481 e. The summed E-state index contributed by atoms with van der Waals surface area (Å²) < 4.78 is 1.54. The Balaban J connectivity index is 1.56. The third-order valence-corrected chi connectivity index (χ3v) is 5.06. The molecular weight excluding hydrogens is 322 g/mol. The van der Waals surface area contributed by atoms with E-state index in [2.05, 4.69) is 20.8 Å². The minimum atomic E-state index is -0.907. The van der Waals surface area contributed by atoms with Crippen LogP contribution in [0.2, 0.25) is 0 Å². The molecule has 2 N–H and O–H groups in total. The number of tetrazole rings is 1. The monoisotopic (exact) mass is 339 g/mol. The molecule has 25 heavy (non-hydrogen) atoms. The second-order valence-corrected chi connectivity index (χ2v) is 6.53. The summed E-state index contributed by atoms with van der Waals surface area (Å²) in [6.07, 6.45) is 4.63. The van der Waals surface area contributed by atoms with Crippen molar-refractivity contribution in [1.82, 2.24) is 20.2 Å². The van der Waals surface area contributed by atoms with E-state index in [1.165, 1.54) is 0 Å². The number of aliphatic carboxylic acids is 1. The lowest BCUT2D eigenvalue weighted by Crippen LogP contribution is -2.36. The Bertz CT molecular complexity index is 875. The zero-order valence-electron chi connectivity index (χ0n) is 13.5. The fourth-order valence-electron chi connectivity index (χ4n) is 3.95. The first-order chi connectivity index (χ1) is 12.0. The standard InChI is InChI=1S/C17H17N5O3/c1-22-15(19-20-21-22)11-3-2-4-12(8-11)18-16(23)13-9-5-6-10(7-9)14(13)17(24)25/h2-6,8-10,13-14H,7H2,1H3,(H,18,23)(H,24,25)/t9-,10-,13-,14+/m0/s1.